The first kappa shape index (κ1) is 9.21. The molecule has 0 saturated carbocycles. The second-order valence-corrected chi connectivity index (χ2v) is 3.87. The predicted molar refractivity (Wildman–Crippen MR) is 61.9 cm³/mol. The molecule has 2 N–H and O–H groups in total. The van der Waals surface area contributed by atoms with Gasteiger partial charge in [-0.2, -0.15) is 0 Å². The van der Waals surface area contributed by atoms with Crippen molar-refractivity contribution in [1.82, 2.24) is 14.5 Å². The van der Waals surface area contributed by atoms with Crippen LogP contribution in [0.25, 0.3) is 0 Å². The van der Waals surface area contributed by atoms with Crippen LogP contribution in [0.15, 0.2) is 30.7 Å². The molecule has 0 radical (unpaired) electrons. The van der Waals surface area contributed by atoms with Crippen molar-refractivity contribution in [1.29, 1.82) is 0 Å². The van der Waals surface area contributed by atoms with Crippen molar-refractivity contribution in [2.24, 2.45) is 0 Å². The molecule has 3 rings (SSSR count). The Kier molecular flexibility index (Phi) is 2.02. The molecule has 16 heavy (non-hydrogen) atoms. The van der Waals surface area contributed by atoms with Gasteiger partial charge in [0.05, 0.1) is 12.2 Å². The van der Waals surface area contributed by atoms with Crippen molar-refractivity contribution < 1.29 is 0 Å². The van der Waals surface area contributed by atoms with Crippen molar-refractivity contribution in [2.75, 3.05) is 17.2 Å². The normalized spacial score (nSPS) is 14.9. The van der Waals surface area contributed by atoms with Crippen LogP contribution in [-0.4, -0.2) is 21.1 Å². The van der Waals surface area contributed by atoms with Crippen LogP contribution in [0.4, 0.5) is 11.5 Å². The molecule has 2 aromatic heterocycles. The van der Waals surface area contributed by atoms with Gasteiger partial charge in [-0.1, -0.05) is 0 Å². The Morgan fingerprint density at radius 1 is 1.19 bits per heavy atom. The zero-order valence-corrected chi connectivity index (χ0v) is 8.87. The SMILES string of the molecule is Nc1ncccc1N1CCn2ccnc2C1. The van der Waals surface area contributed by atoms with E-state index in [1.165, 1.54) is 0 Å². The van der Waals surface area contributed by atoms with Crippen LogP contribution in [0.2, 0.25) is 0 Å². The zero-order valence-electron chi connectivity index (χ0n) is 8.87. The van der Waals surface area contributed by atoms with Crippen molar-refractivity contribution in [3.05, 3.63) is 36.5 Å². The molecule has 1 aliphatic heterocycles. The van der Waals surface area contributed by atoms with Gasteiger partial charge in [0.25, 0.3) is 0 Å². The Morgan fingerprint density at radius 2 is 2.12 bits per heavy atom. The first-order valence-corrected chi connectivity index (χ1v) is 5.30. The molecule has 1 aliphatic rings. The Bertz CT molecular complexity index is 505. The van der Waals surface area contributed by atoms with Gasteiger partial charge < -0.3 is 15.2 Å². The summed E-state index contributed by atoms with van der Waals surface area (Å²) in [5.74, 6) is 1.66. The van der Waals surface area contributed by atoms with Gasteiger partial charge in [0.15, 0.2) is 0 Å². The van der Waals surface area contributed by atoms with Gasteiger partial charge in [-0.25, -0.2) is 9.97 Å². The molecule has 0 atom stereocenters. The molecule has 0 aromatic carbocycles. The summed E-state index contributed by atoms with van der Waals surface area (Å²) in [7, 11) is 0. The number of aromatic nitrogens is 3. The van der Waals surface area contributed by atoms with E-state index in [1.54, 1.807) is 6.20 Å². The quantitative estimate of drug-likeness (QED) is 0.767. The summed E-state index contributed by atoms with van der Waals surface area (Å²) < 4.78 is 2.17. The van der Waals surface area contributed by atoms with E-state index in [0.29, 0.717) is 5.82 Å². The Balaban J connectivity index is 1.92. The maximum atomic E-state index is 5.87. The first-order chi connectivity index (χ1) is 7.84. The summed E-state index contributed by atoms with van der Waals surface area (Å²) in [6, 6.07) is 3.91. The first-order valence-electron chi connectivity index (χ1n) is 5.30. The smallest absolute Gasteiger partial charge is 0.146 e. The molecule has 0 spiro atoms. The maximum Gasteiger partial charge on any atom is 0.146 e. The number of nitrogen functional groups attached to an aromatic ring is 1. The number of hydrogen-bond acceptors (Lipinski definition) is 4. The average molecular weight is 215 g/mol. The summed E-state index contributed by atoms with van der Waals surface area (Å²) in [5.41, 5.74) is 6.86. The Hall–Kier alpha value is -2.04. The summed E-state index contributed by atoms with van der Waals surface area (Å²) in [4.78, 5) is 10.6. The van der Waals surface area contributed by atoms with E-state index < -0.39 is 0 Å². The molecule has 0 unspecified atom stereocenters. The van der Waals surface area contributed by atoms with E-state index in [9.17, 15) is 0 Å². The van der Waals surface area contributed by atoms with Gasteiger partial charge in [0.1, 0.15) is 11.6 Å². The predicted octanol–water partition coefficient (Wildman–Crippen LogP) is 0.880. The number of nitrogens with two attached hydrogens (primary N) is 1. The largest absolute Gasteiger partial charge is 0.382 e. The third-order valence-corrected chi connectivity index (χ3v) is 2.90. The van der Waals surface area contributed by atoms with E-state index in [4.69, 9.17) is 5.73 Å². The second-order valence-electron chi connectivity index (χ2n) is 3.87. The molecule has 0 amide bonds. The minimum Gasteiger partial charge on any atom is -0.382 e. The number of hydrogen-bond donors (Lipinski definition) is 1. The van der Waals surface area contributed by atoms with Crippen molar-refractivity contribution >= 4 is 11.5 Å². The van der Waals surface area contributed by atoms with E-state index in [-0.39, 0.29) is 0 Å². The van der Waals surface area contributed by atoms with E-state index in [2.05, 4.69) is 19.4 Å². The minimum atomic E-state index is 0.586. The molecule has 5 heteroatoms. The van der Waals surface area contributed by atoms with Crippen molar-refractivity contribution in [3.63, 3.8) is 0 Å². The standard InChI is InChI=1S/C11H13N5/c12-11-9(2-1-3-14-11)16-7-6-15-5-4-13-10(15)8-16/h1-5H,6-8H2,(H2,12,14). The van der Waals surface area contributed by atoms with Gasteiger partial charge in [-0.15, -0.1) is 0 Å². The molecule has 82 valence electrons. The molecule has 0 fully saturated rings. The molecule has 0 bridgehead atoms. The van der Waals surface area contributed by atoms with Crippen LogP contribution in [0.3, 0.4) is 0 Å². The molecule has 5 nitrogen and oxygen atoms in total. The number of imidazole rings is 1. The molecular weight excluding hydrogens is 202 g/mol. The summed E-state index contributed by atoms with van der Waals surface area (Å²) in [6.45, 7) is 2.69. The lowest BCUT2D eigenvalue weighted by Crippen LogP contribution is -2.34. The van der Waals surface area contributed by atoms with Crippen LogP contribution in [0, 0.1) is 0 Å². The second kappa shape index (κ2) is 3.52. The molecule has 0 aliphatic carbocycles. The van der Waals surface area contributed by atoms with Crippen LogP contribution in [0.5, 0.6) is 0 Å². The fourth-order valence-electron chi connectivity index (χ4n) is 2.06. The van der Waals surface area contributed by atoms with Gasteiger partial charge in [-0.3, -0.25) is 0 Å². The highest BCUT2D eigenvalue weighted by atomic mass is 15.2. The fraction of sp³-hybridized carbons (Fsp3) is 0.273. The summed E-state index contributed by atoms with van der Waals surface area (Å²) >= 11 is 0. The third-order valence-electron chi connectivity index (χ3n) is 2.90. The summed E-state index contributed by atoms with van der Waals surface area (Å²) in [6.07, 6.45) is 5.56. The van der Waals surface area contributed by atoms with Crippen molar-refractivity contribution in [2.45, 2.75) is 13.1 Å². The fourth-order valence-corrected chi connectivity index (χ4v) is 2.06. The highest BCUT2D eigenvalue weighted by molar-refractivity contribution is 5.63. The number of anilines is 2. The number of fused-ring (bicyclic) bond motifs is 1. The molecule has 2 aromatic rings. The number of pyridine rings is 1. The van der Waals surface area contributed by atoms with Crippen LogP contribution >= 0.6 is 0 Å². The maximum absolute atomic E-state index is 5.87. The Labute approximate surface area is 93.5 Å². The van der Waals surface area contributed by atoms with Gasteiger partial charge in [0.2, 0.25) is 0 Å². The van der Waals surface area contributed by atoms with Gasteiger partial charge >= 0.3 is 0 Å². The number of rotatable bonds is 1. The lowest BCUT2D eigenvalue weighted by Gasteiger charge is -2.29. The van der Waals surface area contributed by atoms with E-state index in [0.717, 1.165) is 31.1 Å². The summed E-state index contributed by atoms with van der Waals surface area (Å²) in [5, 5.41) is 0. The van der Waals surface area contributed by atoms with Gasteiger partial charge in [-0.05, 0) is 12.1 Å². The van der Waals surface area contributed by atoms with Crippen LogP contribution < -0.4 is 10.6 Å². The highest BCUT2D eigenvalue weighted by Crippen LogP contribution is 2.23. The highest BCUT2D eigenvalue weighted by Gasteiger charge is 2.18. The van der Waals surface area contributed by atoms with E-state index in [1.807, 2.05) is 24.5 Å². The monoisotopic (exact) mass is 215 g/mol. The molecule has 0 saturated heterocycles. The van der Waals surface area contributed by atoms with Crippen molar-refractivity contribution in [3.8, 4) is 0 Å². The average Bonchev–Trinajstić information content (AvgIpc) is 2.76. The lowest BCUT2D eigenvalue weighted by atomic mass is 10.3. The van der Waals surface area contributed by atoms with E-state index >= 15 is 0 Å². The molecule has 3 heterocycles. The molecular formula is C11H13N5. The zero-order chi connectivity index (χ0) is 11.0. The third kappa shape index (κ3) is 1.41. The van der Waals surface area contributed by atoms with Crippen LogP contribution in [0.1, 0.15) is 5.82 Å². The Morgan fingerprint density at radius 3 is 3.00 bits per heavy atom. The lowest BCUT2D eigenvalue weighted by molar-refractivity contribution is 0.560. The number of nitrogens with zero attached hydrogens (tertiary/aromatic N) is 4. The minimum absolute atomic E-state index is 0.586. The van der Waals surface area contributed by atoms with Crippen LogP contribution in [-0.2, 0) is 13.1 Å². The topological polar surface area (TPSA) is 60.0 Å². The van der Waals surface area contributed by atoms with Gasteiger partial charge in [0, 0.05) is 31.7 Å².